The van der Waals surface area contributed by atoms with Crippen LogP contribution in [0.3, 0.4) is 0 Å². The number of nitrogens with one attached hydrogen (secondary N) is 1. The molecule has 1 aromatic heterocycles. The van der Waals surface area contributed by atoms with Crippen LogP contribution in [-0.4, -0.2) is 31.4 Å². The van der Waals surface area contributed by atoms with Crippen molar-refractivity contribution >= 4 is 5.91 Å². The van der Waals surface area contributed by atoms with E-state index in [4.69, 9.17) is 4.42 Å². The Morgan fingerprint density at radius 2 is 2.31 bits per heavy atom. The van der Waals surface area contributed by atoms with Gasteiger partial charge in [0, 0.05) is 20.5 Å². The quantitative estimate of drug-likeness (QED) is 0.749. The van der Waals surface area contributed by atoms with Crippen LogP contribution < -0.4 is 5.32 Å². The van der Waals surface area contributed by atoms with E-state index in [0.29, 0.717) is 6.42 Å². The first-order valence-electron chi connectivity index (χ1n) is 5.58. The van der Waals surface area contributed by atoms with Gasteiger partial charge in [0.05, 0.1) is 12.3 Å². The molecule has 0 saturated heterocycles. The van der Waals surface area contributed by atoms with Crippen molar-refractivity contribution < 1.29 is 9.21 Å². The van der Waals surface area contributed by atoms with Crippen molar-refractivity contribution in [2.45, 2.75) is 25.8 Å². The highest BCUT2D eigenvalue weighted by Gasteiger charge is 2.07. The largest absolute Gasteiger partial charge is 0.468 e. The van der Waals surface area contributed by atoms with E-state index in [0.717, 1.165) is 18.7 Å². The molecule has 1 rings (SSSR count). The molecular formula is C12H20N2O2. The molecule has 90 valence electrons. The van der Waals surface area contributed by atoms with Crippen molar-refractivity contribution in [3.8, 4) is 0 Å². The van der Waals surface area contributed by atoms with Crippen molar-refractivity contribution in [3.63, 3.8) is 0 Å². The minimum absolute atomic E-state index is 0.174. The van der Waals surface area contributed by atoms with E-state index in [-0.39, 0.29) is 11.9 Å². The molecule has 0 aliphatic rings. The summed E-state index contributed by atoms with van der Waals surface area (Å²) in [5, 5.41) is 3.31. The van der Waals surface area contributed by atoms with Gasteiger partial charge in [-0.2, -0.15) is 0 Å². The standard InChI is InChI=1S/C12H20N2O2/c1-10(11-6-5-9-16-11)13-8-4-7-12(15)14(2)3/h5-6,9-10,13H,4,7-8H2,1-3H3. The SMILES string of the molecule is CC(NCCCC(=O)N(C)C)c1ccco1. The monoisotopic (exact) mass is 224 g/mol. The van der Waals surface area contributed by atoms with Gasteiger partial charge in [-0.3, -0.25) is 4.79 Å². The molecule has 0 fully saturated rings. The third-order valence-corrected chi connectivity index (χ3v) is 2.49. The molecule has 16 heavy (non-hydrogen) atoms. The molecule has 0 aliphatic carbocycles. The van der Waals surface area contributed by atoms with Crippen LogP contribution in [0.25, 0.3) is 0 Å². The summed E-state index contributed by atoms with van der Waals surface area (Å²) in [5.41, 5.74) is 0. The summed E-state index contributed by atoms with van der Waals surface area (Å²) in [6.45, 7) is 2.87. The molecule has 4 heteroatoms. The van der Waals surface area contributed by atoms with E-state index in [1.165, 1.54) is 0 Å². The number of carbonyl (C=O) groups is 1. The van der Waals surface area contributed by atoms with E-state index >= 15 is 0 Å². The Hall–Kier alpha value is -1.29. The van der Waals surface area contributed by atoms with Gasteiger partial charge in [0.1, 0.15) is 5.76 Å². The third kappa shape index (κ3) is 4.06. The summed E-state index contributed by atoms with van der Waals surface area (Å²) < 4.78 is 5.27. The Morgan fingerprint density at radius 3 is 2.88 bits per heavy atom. The van der Waals surface area contributed by atoms with Crippen LogP contribution in [0, 0.1) is 0 Å². The van der Waals surface area contributed by atoms with Crippen LogP contribution in [0.2, 0.25) is 0 Å². The lowest BCUT2D eigenvalue weighted by Crippen LogP contribution is -2.24. The van der Waals surface area contributed by atoms with Crippen molar-refractivity contribution in [2.75, 3.05) is 20.6 Å². The average molecular weight is 224 g/mol. The first-order valence-corrected chi connectivity index (χ1v) is 5.58. The summed E-state index contributed by atoms with van der Waals surface area (Å²) >= 11 is 0. The number of amides is 1. The van der Waals surface area contributed by atoms with Crippen LogP contribution in [0.1, 0.15) is 31.6 Å². The topological polar surface area (TPSA) is 45.5 Å². The van der Waals surface area contributed by atoms with Crippen molar-refractivity contribution in [2.24, 2.45) is 0 Å². The molecule has 0 saturated carbocycles. The maximum Gasteiger partial charge on any atom is 0.222 e. The maximum absolute atomic E-state index is 11.3. The van der Waals surface area contributed by atoms with Crippen LogP contribution in [0.5, 0.6) is 0 Å². The normalized spacial score (nSPS) is 12.4. The zero-order chi connectivity index (χ0) is 12.0. The van der Waals surface area contributed by atoms with Crippen LogP contribution in [0.15, 0.2) is 22.8 Å². The van der Waals surface area contributed by atoms with Gasteiger partial charge in [-0.05, 0) is 32.0 Å². The predicted octanol–water partition coefficient (Wildman–Crippen LogP) is 1.80. The second-order valence-electron chi connectivity index (χ2n) is 4.08. The molecule has 4 nitrogen and oxygen atoms in total. The molecule has 1 aromatic rings. The molecule has 1 amide bonds. The Labute approximate surface area is 96.6 Å². The van der Waals surface area contributed by atoms with Gasteiger partial charge in [-0.15, -0.1) is 0 Å². The number of hydrogen-bond acceptors (Lipinski definition) is 3. The van der Waals surface area contributed by atoms with Crippen molar-refractivity contribution in [1.82, 2.24) is 10.2 Å². The lowest BCUT2D eigenvalue weighted by atomic mass is 10.2. The van der Waals surface area contributed by atoms with Gasteiger partial charge < -0.3 is 14.6 Å². The van der Waals surface area contributed by atoms with Gasteiger partial charge >= 0.3 is 0 Å². The lowest BCUT2D eigenvalue weighted by molar-refractivity contribution is -0.128. The van der Waals surface area contributed by atoms with E-state index < -0.39 is 0 Å². The van der Waals surface area contributed by atoms with Gasteiger partial charge in [0.25, 0.3) is 0 Å². The number of nitrogens with zero attached hydrogens (tertiary/aromatic N) is 1. The molecule has 0 radical (unpaired) electrons. The lowest BCUT2D eigenvalue weighted by Gasteiger charge is -2.12. The average Bonchev–Trinajstić information content (AvgIpc) is 2.76. The number of carbonyl (C=O) groups excluding carboxylic acids is 1. The first-order chi connectivity index (χ1) is 7.61. The molecule has 1 N–H and O–H groups in total. The molecule has 0 aliphatic heterocycles. The smallest absolute Gasteiger partial charge is 0.222 e. The predicted molar refractivity (Wildman–Crippen MR) is 63.1 cm³/mol. The molecular weight excluding hydrogens is 204 g/mol. The Balaban J connectivity index is 2.14. The van der Waals surface area contributed by atoms with Gasteiger partial charge in [0.2, 0.25) is 5.91 Å². The van der Waals surface area contributed by atoms with Gasteiger partial charge in [0.15, 0.2) is 0 Å². The van der Waals surface area contributed by atoms with Gasteiger partial charge in [-0.25, -0.2) is 0 Å². The summed E-state index contributed by atoms with van der Waals surface area (Å²) in [7, 11) is 3.56. The van der Waals surface area contributed by atoms with E-state index in [1.54, 1.807) is 25.3 Å². The Bertz CT molecular complexity index is 307. The number of furan rings is 1. The highest BCUT2D eigenvalue weighted by atomic mass is 16.3. The van der Waals surface area contributed by atoms with E-state index in [2.05, 4.69) is 5.32 Å². The van der Waals surface area contributed by atoms with Gasteiger partial charge in [-0.1, -0.05) is 0 Å². The number of hydrogen-bond donors (Lipinski definition) is 1. The minimum Gasteiger partial charge on any atom is -0.468 e. The summed E-state index contributed by atoms with van der Waals surface area (Å²) in [6, 6.07) is 4.02. The fourth-order valence-electron chi connectivity index (χ4n) is 1.42. The third-order valence-electron chi connectivity index (χ3n) is 2.49. The zero-order valence-corrected chi connectivity index (χ0v) is 10.2. The summed E-state index contributed by atoms with van der Waals surface area (Å²) in [4.78, 5) is 12.9. The molecule has 0 aromatic carbocycles. The van der Waals surface area contributed by atoms with E-state index in [1.807, 2.05) is 19.1 Å². The molecule has 1 heterocycles. The fourth-order valence-corrected chi connectivity index (χ4v) is 1.42. The highest BCUT2D eigenvalue weighted by molar-refractivity contribution is 5.75. The molecule has 1 atom stereocenters. The molecule has 1 unspecified atom stereocenters. The highest BCUT2D eigenvalue weighted by Crippen LogP contribution is 2.11. The maximum atomic E-state index is 11.3. The van der Waals surface area contributed by atoms with Crippen molar-refractivity contribution in [3.05, 3.63) is 24.2 Å². The fraction of sp³-hybridized carbons (Fsp3) is 0.583. The second kappa shape index (κ2) is 6.33. The van der Waals surface area contributed by atoms with Crippen LogP contribution in [0.4, 0.5) is 0 Å². The summed E-state index contributed by atoms with van der Waals surface area (Å²) in [6.07, 6.45) is 3.11. The summed E-state index contributed by atoms with van der Waals surface area (Å²) in [5.74, 6) is 1.10. The van der Waals surface area contributed by atoms with E-state index in [9.17, 15) is 4.79 Å². The van der Waals surface area contributed by atoms with Crippen LogP contribution >= 0.6 is 0 Å². The molecule has 0 spiro atoms. The first kappa shape index (κ1) is 12.8. The number of rotatable bonds is 6. The Morgan fingerprint density at radius 1 is 1.56 bits per heavy atom. The Kier molecular flexibility index (Phi) is 5.05. The molecule has 0 bridgehead atoms. The zero-order valence-electron chi connectivity index (χ0n) is 10.2. The second-order valence-corrected chi connectivity index (χ2v) is 4.08. The van der Waals surface area contributed by atoms with Crippen molar-refractivity contribution in [1.29, 1.82) is 0 Å². The minimum atomic E-state index is 0.174. The van der Waals surface area contributed by atoms with Crippen LogP contribution in [-0.2, 0) is 4.79 Å².